The molecule has 2 aromatic heterocycles. The Balaban J connectivity index is 1.24. The maximum Gasteiger partial charge on any atom is 0.358 e. The zero-order valence-electron chi connectivity index (χ0n) is 30.4. The van der Waals surface area contributed by atoms with Crippen LogP contribution in [0.3, 0.4) is 0 Å². The van der Waals surface area contributed by atoms with Gasteiger partial charge < -0.3 is 19.2 Å². The third-order valence-corrected chi connectivity index (χ3v) is 10.1. The van der Waals surface area contributed by atoms with E-state index in [0.29, 0.717) is 48.2 Å². The molecule has 10 heteroatoms. The Morgan fingerprint density at radius 3 is 2.50 bits per heavy atom. The molecule has 0 spiro atoms. The fourth-order valence-electron chi connectivity index (χ4n) is 6.51. The predicted molar refractivity (Wildman–Crippen MR) is 208 cm³/mol. The fourth-order valence-corrected chi connectivity index (χ4v) is 7.37. The topological polar surface area (TPSA) is 111 Å². The van der Waals surface area contributed by atoms with Crippen molar-refractivity contribution < 1.29 is 23.9 Å². The first-order valence-corrected chi connectivity index (χ1v) is 18.9. The van der Waals surface area contributed by atoms with Gasteiger partial charge in [0.25, 0.3) is 5.91 Å². The normalized spacial score (nSPS) is 12.7. The highest BCUT2D eigenvalue weighted by Crippen LogP contribution is 2.35. The van der Waals surface area contributed by atoms with Crippen molar-refractivity contribution in [1.82, 2.24) is 9.97 Å². The van der Waals surface area contributed by atoms with E-state index in [2.05, 4.69) is 21.3 Å². The van der Waals surface area contributed by atoms with Crippen molar-refractivity contribution >= 4 is 50.7 Å². The second-order valence-electron chi connectivity index (χ2n) is 14.1. The summed E-state index contributed by atoms with van der Waals surface area (Å²) in [4.78, 5) is 49.6. The van der Waals surface area contributed by atoms with Gasteiger partial charge in [-0.05, 0) is 106 Å². The lowest BCUT2D eigenvalue weighted by molar-refractivity contribution is -0.107. The van der Waals surface area contributed by atoms with Gasteiger partial charge in [-0.3, -0.25) is 10.1 Å². The summed E-state index contributed by atoms with van der Waals surface area (Å²) in [5.41, 5.74) is 5.45. The lowest BCUT2D eigenvalue weighted by Crippen LogP contribution is -2.33. The molecule has 0 bridgehead atoms. The number of thiazole rings is 1. The first kappa shape index (κ1) is 36.7. The molecular formula is C42H46N4O5S. The Morgan fingerprint density at radius 2 is 1.69 bits per heavy atom. The smallest absolute Gasteiger partial charge is 0.358 e. The Kier molecular flexibility index (Phi) is 11.6. The lowest BCUT2D eigenvalue weighted by Gasteiger charge is -2.31. The zero-order chi connectivity index (χ0) is 36.7. The average molecular weight is 719 g/mol. The molecule has 3 heterocycles. The molecule has 9 nitrogen and oxygen atoms in total. The number of para-hydroxylation sites is 1. The number of hydrogen-bond donors (Lipinski definition) is 1. The first-order chi connectivity index (χ1) is 25.1. The van der Waals surface area contributed by atoms with E-state index in [4.69, 9.17) is 14.5 Å². The predicted octanol–water partition coefficient (Wildman–Crippen LogP) is 9.36. The van der Waals surface area contributed by atoms with Crippen LogP contribution in [0.5, 0.6) is 5.75 Å². The third kappa shape index (κ3) is 8.85. The van der Waals surface area contributed by atoms with Crippen LogP contribution in [-0.2, 0) is 22.5 Å². The van der Waals surface area contributed by atoms with E-state index in [1.54, 1.807) is 0 Å². The number of esters is 1. The molecular weight excluding hydrogens is 673 g/mol. The minimum atomic E-state index is -0.713. The van der Waals surface area contributed by atoms with E-state index in [0.717, 1.165) is 83.0 Å². The lowest BCUT2D eigenvalue weighted by atomic mass is 9.94. The van der Waals surface area contributed by atoms with Gasteiger partial charge in [0.15, 0.2) is 10.8 Å². The number of carbonyl (C=O) groups is 3. The molecule has 0 radical (unpaired) electrons. The number of pyridine rings is 1. The number of rotatable bonds is 14. The average Bonchev–Trinajstić information content (AvgIpc) is 3.54. The molecule has 5 aromatic rings. The molecule has 1 aliphatic heterocycles. The van der Waals surface area contributed by atoms with Crippen molar-refractivity contribution in [3.05, 3.63) is 101 Å². The van der Waals surface area contributed by atoms with Crippen LogP contribution in [0.1, 0.15) is 96.8 Å². The highest BCUT2D eigenvalue weighted by Gasteiger charge is 2.28. The molecule has 0 saturated heterocycles. The van der Waals surface area contributed by atoms with Crippen LogP contribution in [0.15, 0.2) is 72.8 Å². The second-order valence-corrected chi connectivity index (χ2v) is 15.2. The molecule has 270 valence electrons. The maximum atomic E-state index is 13.8. The summed E-state index contributed by atoms with van der Waals surface area (Å²) in [6, 6.07) is 23.4. The van der Waals surface area contributed by atoms with Crippen LogP contribution >= 0.6 is 11.3 Å². The molecule has 6 rings (SSSR count). The van der Waals surface area contributed by atoms with Crippen LogP contribution in [0, 0.1) is 6.92 Å². The number of amides is 1. The highest BCUT2D eigenvalue weighted by molar-refractivity contribution is 7.22. The minimum Gasteiger partial charge on any atom is -0.493 e. The number of hydrogen-bond acceptors (Lipinski definition) is 9. The molecule has 3 aromatic carbocycles. The van der Waals surface area contributed by atoms with Gasteiger partial charge in [-0.25, -0.2) is 14.8 Å². The largest absolute Gasteiger partial charge is 0.493 e. The molecule has 0 unspecified atom stereocenters. The van der Waals surface area contributed by atoms with E-state index >= 15 is 0 Å². The Hall–Kier alpha value is -5.09. The van der Waals surface area contributed by atoms with Crippen LogP contribution in [0.25, 0.3) is 21.3 Å². The Morgan fingerprint density at radius 1 is 0.904 bits per heavy atom. The number of nitrogens with zero attached hydrogens (tertiary/aromatic N) is 3. The number of nitrogens with one attached hydrogen (secondary N) is 1. The van der Waals surface area contributed by atoms with E-state index in [9.17, 15) is 14.4 Å². The van der Waals surface area contributed by atoms with Crippen molar-refractivity contribution in [3.63, 3.8) is 0 Å². The molecule has 0 aliphatic carbocycles. The number of carbonyl (C=O) groups excluding carboxylic acids is 3. The van der Waals surface area contributed by atoms with Crippen molar-refractivity contribution in [3.8, 4) is 16.9 Å². The van der Waals surface area contributed by atoms with E-state index in [1.807, 2.05) is 94.4 Å². The van der Waals surface area contributed by atoms with Gasteiger partial charge in [-0.2, -0.15) is 0 Å². The first-order valence-electron chi connectivity index (χ1n) is 18.0. The Bertz CT molecular complexity index is 2030. The number of anilines is 2. The summed E-state index contributed by atoms with van der Waals surface area (Å²) in [5, 5.41) is 3.57. The van der Waals surface area contributed by atoms with E-state index < -0.39 is 11.6 Å². The summed E-state index contributed by atoms with van der Waals surface area (Å²) >= 11 is 1.45. The second kappa shape index (κ2) is 16.5. The van der Waals surface area contributed by atoms with Crippen LogP contribution < -0.4 is 15.0 Å². The molecule has 1 N–H and O–H groups in total. The van der Waals surface area contributed by atoms with Gasteiger partial charge in [-0.15, -0.1) is 0 Å². The summed E-state index contributed by atoms with van der Waals surface area (Å²) < 4.78 is 13.1. The number of benzene rings is 3. The zero-order valence-corrected chi connectivity index (χ0v) is 31.2. The molecule has 52 heavy (non-hydrogen) atoms. The van der Waals surface area contributed by atoms with Crippen molar-refractivity contribution in [2.45, 2.75) is 84.8 Å². The fraction of sp³-hybridized carbons (Fsp3) is 0.357. The van der Waals surface area contributed by atoms with E-state index in [1.165, 1.54) is 11.3 Å². The number of fused-ring (bicyclic) bond motifs is 2. The van der Waals surface area contributed by atoms with Gasteiger partial charge in [0.05, 0.1) is 16.8 Å². The van der Waals surface area contributed by atoms with Crippen molar-refractivity contribution in [2.75, 3.05) is 23.4 Å². The van der Waals surface area contributed by atoms with Gasteiger partial charge in [0.1, 0.15) is 23.5 Å². The number of unbranched alkanes of at least 4 members (excludes halogenated alkanes) is 5. The maximum absolute atomic E-state index is 13.8. The highest BCUT2D eigenvalue weighted by atomic mass is 32.1. The standard InChI is InChI=1S/C42H46N4O5S/c1-28-30(16-14-19-35(28)50-26-12-8-6-5-7-11-25-47)31-21-22-37(44-38(31)40(49)51-42(2,3)4)46-24-23-29-15-13-17-32(33(29)27-46)39(48)45-41-43-34-18-9-10-20-36(34)52-41/h9-10,13-22,25H,5-8,11-12,23-24,26-27H2,1-4H3,(H,43,45,48). The van der Waals surface area contributed by atoms with Crippen LogP contribution in [0.2, 0.25) is 0 Å². The Labute approximate surface area is 309 Å². The van der Waals surface area contributed by atoms with Crippen molar-refractivity contribution in [2.24, 2.45) is 0 Å². The number of aromatic nitrogens is 2. The van der Waals surface area contributed by atoms with Gasteiger partial charge >= 0.3 is 5.97 Å². The quantitative estimate of drug-likeness (QED) is 0.0687. The van der Waals surface area contributed by atoms with Gasteiger partial charge in [-0.1, -0.05) is 67.0 Å². The van der Waals surface area contributed by atoms with Gasteiger partial charge in [0, 0.05) is 30.6 Å². The summed E-state index contributed by atoms with van der Waals surface area (Å²) in [5.74, 6) is 0.692. The summed E-state index contributed by atoms with van der Waals surface area (Å²) in [6.07, 6.45) is 7.36. The van der Waals surface area contributed by atoms with Gasteiger partial charge in [0.2, 0.25) is 0 Å². The summed E-state index contributed by atoms with van der Waals surface area (Å²) in [7, 11) is 0. The minimum absolute atomic E-state index is 0.206. The van der Waals surface area contributed by atoms with E-state index in [-0.39, 0.29) is 11.6 Å². The van der Waals surface area contributed by atoms with Crippen molar-refractivity contribution in [1.29, 1.82) is 0 Å². The molecule has 1 aliphatic rings. The monoisotopic (exact) mass is 718 g/mol. The molecule has 0 atom stereocenters. The molecule has 0 fully saturated rings. The third-order valence-electron chi connectivity index (χ3n) is 9.13. The SMILES string of the molecule is Cc1c(OCCCCCCCC=O)cccc1-c1ccc(N2CCc3cccc(C(=O)Nc4nc5ccccc5s4)c3C2)nc1C(=O)OC(C)(C)C. The molecule has 0 saturated carbocycles. The molecule has 1 amide bonds. The van der Waals surface area contributed by atoms with Crippen LogP contribution in [0.4, 0.5) is 10.9 Å². The number of ether oxygens (including phenoxy) is 2. The van der Waals surface area contributed by atoms with Crippen LogP contribution in [-0.4, -0.2) is 46.9 Å². The number of aldehydes is 1. The summed E-state index contributed by atoms with van der Waals surface area (Å²) in [6.45, 7) is 9.26.